The summed E-state index contributed by atoms with van der Waals surface area (Å²) in [5.41, 5.74) is -0.340. The number of nitrogens with zero attached hydrogens (tertiary/aromatic N) is 1. The summed E-state index contributed by atoms with van der Waals surface area (Å²) in [4.78, 5) is 20.8. The van der Waals surface area contributed by atoms with Crippen LogP contribution in [0.3, 0.4) is 0 Å². The van der Waals surface area contributed by atoms with Gasteiger partial charge >= 0.3 is 7.12 Å². The monoisotopic (exact) mass is 209 g/mol. The van der Waals surface area contributed by atoms with Crippen LogP contribution in [0.5, 0.6) is 0 Å². The molecule has 15 heavy (non-hydrogen) atoms. The molecule has 1 rings (SSSR count). The maximum atomic E-state index is 11.0. The highest BCUT2D eigenvalue weighted by Gasteiger charge is 2.18. The highest BCUT2D eigenvalue weighted by molar-refractivity contribution is 6.58. The maximum Gasteiger partial charge on any atom is 0.488 e. The quantitative estimate of drug-likeness (QED) is 0.301. The number of rotatable bonds is 3. The Morgan fingerprint density at radius 1 is 1.40 bits per heavy atom. The topological polar surface area (TPSA) is 101 Å². The number of carbonyl (C=O) groups excluding carboxylic acids is 1. The van der Waals surface area contributed by atoms with Gasteiger partial charge in [-0.3, -0.25) is 14.9 Å². The third-order valence-corrected chi connectivity index (χ3v) is 1.86. The average molecular weight is 209 g/mol. The van der Waals surface area contributed by atoms with Crippen molar-refractivity contribution < 1.29 is 19.8 Å². The third-order valence-electron chi connectivity index (χ3n) is 1.86. The summed E-state index contributed by atoms with van der Waals surface area (Å²) < 4.78 is 0. The van der Waals surface area contributed by atoms with E-state index < -0.39 is 12.0 Å². The Morgan fingerprint density at radius 2 is 2.00 bits per heavy atom. The van der Waals surface area contributed by atoms with Crippen LogP contribution in [0.1, 0.15) is 17.3 Å². The number of hydrogen-bond acceptors (Lipinski definition) is 5. The van der Waals surface area contributed by atoms with Crippen molar-refractivity contribution >= 4 is 24.1 Å². The van der Waals surface area contributed by atoms with E-state index in [9.17, 15) is 14.9 Å². The van der Waals surface area contributed by atoms with Gasteiger partial charge in [0.2, 0.25) is 0 Å². The Balaban J connectivity index is 3.32. The van der Waals surface area contributed by atoms with Gasteiger partial charge in [0.15, 0.2) is 5.78 Å². The zero-order valence-electron chi connectivity index (χ0n) is 7.88. The number of nitro benzene ring substituents is 1. The molecule has 1 aromatic carbocycles. The molecule has 0 bridgehead atoms. The minimum atomic E-state index is -1.83. The zero-order valence-corrected chi connectivity index (χ0v) is 7.88. The van der Waals surface area contributed by atoms with E-state index in [1.165, 1.54) is 13.0 Å². The first-order chi connectivity index (χ1) is 6.91. The number of hydrogen-bond donors (Lipinski definition) is 2. The summed E-state index contributed by atoms with van der Waals surface area (Å²) in [5, 5.41) is 28.2. The first-order valence-electron chi connectivity index (χ1n) is 4.08. The van der Waals surface area contributed by atoms with Crippen molar-refractivity contribution in [3.8, 4) is 0 Å². The molecular weight excluding hydrogens is 201 g/mol. The molecule has 0 aromatic heterocycles. The lowest BCUT2D eigenvalue weighted by Crippen LogP contribution is -2.30. The number of non-ortho nitro benzene ring substituents is 1. The summed E-state index contributed by atoms with van der Waals surface area (Å²) in [5.74, 6) is -0.374. The van der Waals surface area contributed by atoms with Gasteiger partial charge in [-0.1, -0.05) is 6.07 Å². The lowest BCUT2D eigenvalue weighted by molar-refractivity contribution is -0.384. The Labute approximate surface area is 85.5 Å². The molecule has 78 valence electrons. The fourth-order valence-electron chi connectivity index (χ4n) is 1.09. The fraction of sp³-hybridized carbons (Fsp3) is 0.125. The van der Waals surface area contributed by atoms with Crippen molar-refractivity contribution in [3.05, 3.63) is 33.9 Å². The third kappa shape index (κ3) is 2.61. The van der Waals surface area contributed by atoms with Crippen LogP contribution in [-0.2, 0) is 0 Å². The molecule has 0 spiro atoms. The predicted molar refractivity (Wildman–Crippen MR) is 52.9 cm³/mol. The molecule has 0 aliphatic carbocycles. The number of nitro groups is 1. The first kappa shape index (κ1) is 11.4. The lowest BCUT2D eigenvalue weighted by Gasteiger charge is -2.02. The van der Waals surface area contributed by atoms with Crippen molar-refractivity contribution in [3.63, 3.8) is 0 Å². The van der Waals surface area contributed by atoms with Gasteiger partial charge in [0.25, 0.3) is 5.69 Å². The number of benzene rings is 1. The minimum absolute atomic E-state index is 0.0746. The maximum absolute atomic E-state index is 11.0. The van der Waals surface area contributed by atoms with Gasteiger partial charge in [0.05, 0.1) is 4.92 Å². The molecular formula is C8H8BNO5. The standard InChI is InChI=1S/C8H8BNO5/c1-5(11)6-2-7(9(12)13)4-8(3-6)10(14)15/h2-4,12-13H,1H3. The molecule has 0 saturated heterocycles. The number of ketones is 1. The second kappa shape index (κ2) is 4.20. The smallest absolute Gasteiger partial charge is 0.423 e. The molecule has 0 atom stereocenters. The molecule has 1 aromatic rings. The number of Topliss-reactive ketones (excluding diaryl/α,β-unsaturated/α-hetero) is 1. The van der Waals surface area contributed by atoms with E-state index in [2.05, 4.69) is 0 Å². The molecule has 0 heterocycles. The Bertz CT molecular complexity index is 385. The molecule has 0 fully saturated rings. The van der Waals surface area contributed by atoms with E-state index in [1.807, 2.05) is 0 Å². The van der Waals surface area contributed by atoms with Crippen LogP contribution in [0.4, 0.5) is 5.69 Å². The largest absolute Gasteiger partial charge is 0.488 e. The van der Waals surface area contributed by atoms with Gasteiger partial charge in [-0.15, -0.1) is 0 Å². The molecule has 6 nitrogen and oxygen atoms in total. The van der Waals surface area contributed by atoms with Gasteiger partial charge in [-0.25, -0.2) is 0 Å². The van der Waals surface area contributed by atoms with Crippen LogP contribution >= 0.6 is 0 Å². The van der Waals surface area contributed by atoms with Gasteiger partial charge < -0.3 is 10.0 Å². The van der Waals surface area contributed by atoms with E-state index in [1.54, 1.807) is 0 Å². The predicted octanol–water partition coefficient (Wildman–Crippen LogP) is -0.523. The number of carbonyl (C=O) groups is 1. The van der Waals surface area contributed by atoms with Gasteiger partial charge in [0.1, 0.15) is 0 Å². The minimum Gasteiger partial charge on any atom is -0.423 e. The fourth-order valence-corrected chi connectivity index (χ4v) is 1.09. The van der Waals surface area contributed by atoms with E-state index in [4.69, 9.17) is 10.0 Å². The van der Waals surface area contributed by atoms with E-state index in [0.29, 0.717) is 0 Å². The van der Waals surface area contributed by atoms with Crippen molar-refractivity contribution in [2.24, 2.45) is 0 Å². The normalized spacial score (nSPS) is 9.80. The summed E-state index contributed by atoms with van der Waals surface area (Å²) in [6.07, 6.45) is 0. The molecule has 0 aliphatic rings. The van der Waals surface area contributed by atoms with Gasteiger partial charge in [0, 0.05) is 17.7 Å². The highest BCUT2D eigenvalue weighted by Crippen LogP contribution is 2.12. The molecule has 0 unspecified atom stereocenters. The van der Waals surface area contributed by atoms with Crippen LogP contribution in [0, 0.1) is 10.1 Å². The highest BCUT2D eigenvalue weighted by atomic mass is 16.6. The summed E-state index contributed by atoms with van der Waals surface area (Å²) in [6.45, 7) is 1.24. The van der Waals surface area contributed by atoms with E-state index >= 15 is 0 Å². The van der Waals surface area contributed by atoms with Gasteiger partial charge in [-0.2, -0.15) is 0 Å². The summed E-state index contributed by atoms with van der Waals surface area (Å²) in [7, 11) is -1.83. The Morgan fingerprint density at radius 3 is 2.40 bits per heavy atom. The van der Waals surface area contributed by atoms with Crippen molar-refractivity contribution in [2.45, 2.75) is 6.92 Å². The molecule has 2 N–H and O–H groups in total. The molecule has 0 aliphatic heterocycles. The van der Waals surface area contributed by atoms with Crippen LogP contribution in [0.25, 0.3) is 0 Å². The van der Waals surface area contributed by atoms with E-state index in [-0.39, 0.29) is 22.5 Å². The van der Waals surface area contributed by atoms with Crippen molar-refractivity contribution in [1.29, 1.82) is 0 Å². The van der Waals surface area contributed by atoms with Crippen LogP contribution in [0.15, 0.2) is 18.2 Å². The summed E-state index contributed by atoms with van der Waals surface area (Å²) in [6, 6.07) is 3.31. The van der Waals surface area contributed by atoms with Crippen molar-refractivity contribution in [2.75, 3.05) is 0 Å². The SMILES string of the molecule is CC(=O)c1cc(B(O)O)cc([N+](=O)[O-])c1. The second-order valence-corrected chi connectivity index (χ2v) is 3.00. The van der Waals surface area contributed by atoms with Crippen LogP contribution in [-0.4, -0.2) is 27.9 Å². The Kier molecular flexibility index (Phi) is 3.18. The molecule has 7 heteroatoms. The zero-order chi connectivity index (χ0) is 11.6. The first-order valence-corrected chi connectivity index (χ1v) is 4.08. The molecule has 0 amide bonds. The average Bonchev–Trinajstić information content (AvgIpc) is 2.16. The molecule has 0 radical (unpaired) electrons. The molecule has 0 saturated carbocycles. The summed E-state index contributed by atoms with van der Waals surface area (Å²) >= 11 is 0. The van der Waals surface area contributed by atoms with Crippen LogP contribution < -0.4 is 5.46 Å². The lowest BCUT2D eigenvalue weighted by atomic mass is 9.79. The Hall–Kier alpha value is -1.73. The second-order valence-electron chi connectivity index (χ2n) is 3.00. The van der Waals surface area contributed by atoms with Crippen molar-refractivity contribution in [1.82, 2.24) is 0 Å². The van der Waals surface area contributed by atoms with E-state index in [0.717, 1.165) is 12.1 Å². The van der Waals surface area contributed by atoms with Gasteiger partial charge in [-0.05, 0) is 12.4 Å². The van der Waals surface area contributed by atoms with Crippen LogP contribution in [0.2, 0.25) is 0 Å².